The SMILES string of the molecule is CCNc1ncc(Cl)c(NCc2ncc(C)s2)n1. The van der Waals surface area contributed by atoms with Crippen LogP contribution in [0.3, 0.4) is 0 Å². The van der Waals surface area contributed by atoms with Crippen molar-refractivity contribution in [2.45, 2.75) is 20.4 Å². The molecule has 7 heteroatoms. The molecule has 0 aliphatic carbocycles. The van der Waals surface area contributed by atoms with Crippen molar-refractivity contribution in [3.05, 3.63) is 27.3 Å². The van der Waals surface area contributed by atoms with Crippen molar-refractivity contribution in [2.24, 2.45) is 0 Å². The molecular weight excluding hydrogens is 270 g/mol. The fourth-order valence-corrected chi connectivity index (χ4v) is 2.26. The third kappa shape index (κ3) is 3.30. The standard InChI is InChI=1S/C11H14ClN5S/c1-3-13-11-16-5-8(12)10(17-11)15-6-9-14-4-7(2)18-9/h4-5H,3,6H2,1-2H3,(H2,13,15,16,17). The molecule has 0 radical (unpaired) electrons. The van der Waals surface area contributed by atoms with Crippen molar-refractivity contribution in [3.63, 3.8) is 0 Å². The van der Waals surface area contributed by atoms with Gasteiger partial charge in [-0.3, -0.25) is 0 Å². The zero-order valence-corrected chi connectivity index (χ0v) is 11.8. The molecule has 0 aromatic carbocycles. The Kier molecular flexibility index (Phi) is 4.33. The highest BCUT2D eigenvalue weighted by Gasteiger charge is 2.06. The van der Waals surface area contributed by atoms with Crippen molar-refractivity contribution in [1.82, 2.24) is 15.0 Å². The van der Waals surface area contributed by atoms with Gasteiger partial charge in [-0.2, -0.15) is 4.98 Å². The number of halogens is 1. The van der Waals surface area contributed by atoms with Gasteiger partial charge >= 0.3 is 0 Å². The maximum atomic E-state index is 6.04. The van der Waals surface area contributed by atoms with Crippen LogP contribution in [0.15, 0.2) is 12.4 Å². The molecule has 0 fully saturated rings. The number of nitrogens with zero attached hydrogens (tertiary/aromatic N) is 3. The summed E-state index contributed by atoms with van der Waals surface area (Å²) in [4.78, 5) is 13.8. The molecule has 2 aromatic rings. The highest BCUT2D eigenvalue weighted by atomic mass is 35.5. The minimum Gasteiger partial charge on any atom is -0.362 e. The summed E-state index contributed by atoms with van der Waals surface area (Å²) in [5.74, 6) is 1.19. The predicted octanol–water partition coefficient (Wildman–Crippen LogP) is 2.94. The quantitative estimate of drug-likeness (QED) is 0.883. The molecule has 0 aliphatic rings. The van der Waals surface area contributed by atoms with E-state index in [0.29, 0.717) is 23.3 Å². The molecule has 2 rings (SSSR count). The van der Waals surface area contributed by atoms with Crippen LogP contribution >= 0.6 is 22.9 Å². The Hall–Kier alpha value is -1.40. The summed E-state index contributed by atoms with van der Waals surface area (Å²) in [6.07, 6.45) is 3.44. The van der Waals surface area contributed by atoms with E-state index in [9.17, 15) is 0 Å². The van der Waals surface area contributed by atoms with Gasteiger partial charge in [-0.15, -0.1) is 11.3 Å². The Morgan fingerprint density at radius 2 is 2.11 bits per heavy atom. The summed E-state index contributed by atoms with van der Waals surface area (Å²) in [6.45, 7) is 5.40. The van der Waals surface area contributed by atoms with Crippen molar-refractivity contribution in [3.8, 4) is 0 Å². The van der Waals surface area contributed by atoms with Crippen LogP contribution in [-0.4, -0.2) is 21.5 Å². The molecule has 0 aliphatic heterocycles. The van der Waals surface area contributed by atoms with E-state index >= 15 is 0 Å². The smallest absolute Gasteiger partial charge is 0.224 e. The second-order valence-corrected chi connectivity index (χ2v) is 5.37. The molecule has 0 spiro atoms. The number of thiazole rings is 1. The molecule has 2 N–H and O–H groups in total. The Labute approximate surface area is 115 Å². The molecule has 96 valence electrons. The van der Waals surface area contributed by atoms with Gasteiger partial charge in [0.15, 0.2) is 5.82 Å². The van der Waals surface area contributed by atoms with E-state index in [1.165, 1.54) is 4.88 Å². The van der Waals surface area contributed by atoms with Crippen LogP contribution in [-0.2, 0) is 6.54 Å². The summed E-state index contributed by atoms with van der Waals surface area (Å²) < 4.78 is 0. The summed E-state index contributed by atoms with van der Waals surface area (Å²) in [5, 5.41) is 7.72. The van der Waals surface area contributed by atoms with Gasteiger partial charge < -0.3 is 10.6 Å². The molecule has 18 heavy (non-hydrogen) atoms. The number of rotatable bonds is 5. The van der Waals surface area contributed by atoms with Crippen molar-refractivity contribution in [2.75, 3.05) is 17.2 Å². The lowest BCUT2D eigenvalue weighted by molar-refractivity contribution is 1.04. The van der Waals surface area contributed by atoms with Crippen molar-refractivity contribution in [1.29, 1.82) is 0 Å². The van der Waals surface area contributed by atoms with E-state index in [-0.39, 0.29) is 0 Å². The van der Waals surface area contributed by atoms with Crippen molar-refractivity contribution >= 4 is 34.7 Å². The van der Waals surface area contributed by atoms with E-state index in [4.69, 9.17) is 11.6 Å². The molecule has 0 unspecified atom stereocenters. The largest absolute Gasteiger partial charge is 0.362 e. The third-order valence-electron chi connectivity index (χ3n) is 2.16. The molecule has 0 saturated heterocycles. The van der Waals surface area contributed by atoms with Crippen LogP contribution < -0.4 is 10.6 Å². The Morgan fingerprint density at radius 1 is 1.28 bits per heavy atom. The van der Waals surface area contributed by atoms with Crippen LogP contribution in [0, 0.1) is 6.92 Å². The first-order valence-electron chi connectivity index (χ1n) is 5.60. The Bertz CT molecular complexity index is 528. The van der Waals surface area contributed by atoms with Gasteiger partial charge in [-0.25, -0.2) is 9.97 Å². The Morgan fingerprint density at radius 3 is 2.78 bits per heavy atom. The molecular formula is C11H14ClN5S. The minimum absolute atomic E-state index is 0.505. The number of hydrogen-bond acceptors (Lipinski definition) is 6. The number of aromatic nitrogens is 3. The first-order valence-corrected chi connectivity index (χ1v) is 6.80. The maximum absolute atomic E-state index is 6.04. The second kappa shape index (κ2) is 5.97. The van der Waals surface area contributed by atoms with Gasteiger partial charge in [0, 0.05) is 17.6 Å². The molecule has 2 aromatic heterocycles. The van der Waals surface area contributed by atoms with Crippen LogP contribution in [0.2, 0.25) is 5.02 Å². The lowest BCUT2D eigenvalue weighted by Gasteiger charge is -2.07. The fourth-order valence-electron chi connectivity index (χ4n) is 1.38. The average molecular weight is 284 g/mol. The van der Waals surface area contributed by atoms with Gasteiger partial charge in [-0.1, -0.05) is 11.6 Å². The number of hydrogen-bond donors (Lipinski definition) is 2. The van der Waals surface area contributed by atoms with Crippen LogP contribution in [0.4, 0.5) is 11.8 Å². The lowest BCUT2D eigenvalue weighted by atomic mass is 10.5. The van der Waals surface area contributed by atoms with Crippen LogP contribution in [0.25, 0.3) is 0 Å². The van der Waals surface area contributed by atoms with Crippen LogP contribution in [0.1, 0.15) is 16.8 Å². The number of anilines is 2. The highest BCUT2D eigenvalue weighted by molar-refractivity contribution is 7.11. The average Bonchev–Trinajstić information content (AvgIpc) is 2.76. The van der Waals surface area contributed by atoms with E-state index < -0.39 is 0 Å². The van der Waals surface area contributed by atoms with E-state index in [2.05, 4.69) is 25.6 Å². The molecule has 0 bridgehead atoms. The second-order valence-electron chi connectivity index (χ2n) is 3.64. The van der Waals surface area contributed by atoms with Gasteiger partial charge in [0.2, 0.25) is 5.95 Å². The van der Waals surface area contributed by atoms with Crippen molar-refractivity contribution < 1.29 is 0 Å². The Balaban J connectivity index is 2.05. The molecule has 0 atom stereocenters. The van der Waals surface area contributed by atoms with Gasteiger partial charge in [0.25, 0.3) is 0 Å². The van der Waals surface area contributed by atoms with E-state index in [1.54, 1.807) is 17.5 Å². The third-order valence-corrected chi connectivity index (χ3v) is 3.34. The fraction of sp³-hybridized carbons (Fsp3) is 0.364. The minimum atomic E-state index is 0.505. The first kappa shape index (κ1) is 13.0. The molecule has 5 nitrogen and oxygen atoms in total. The zero-order valence-electron chi connectivity index (χ0n) is 10.2. The summed E-state index contributed by atoms with van der Waals surface area (Å²) in [6, 6.07) is 0. The van der Waals surface area contributed by atoms with Crippen LogP contribution in [0.5, 0.6) is 0 Å². The summed E-state index contributed by atoms with van der Waals surface area (Å²) in [5.41, 5.74) is 0. The maximum Gasteiger partial charge on any atom is 0.224 e. The summed E-state index contributed by atoms with van der Waals surface area (Å²) >= 11 is 7.69. The molecule has 0 amide bonds. The monoisotopic (exact) mass is 283 g/mol. The van der Waals surface area contributed by atoms with Gasteiger partial charge in [0.1, 0.15) is 10.0 Å². The zero-order chi connectivity index (χ0) is 13.0. The molecule has 2 heterocycles. The van der Waals surface area contributed by atoms with Gasteiger partial charge in [-0.05, 0) is 13.8 Å². The van der Waals surface area contributed by atoms with E-state index in [0.717, 1.165) is 11.6 Å². The summed E-state index contributed by atoms with van der Waals surface area (Å²) in [7, 11) is 0. The van der Waals surface area contributed by atoms with E-state index in [1.807, 2.05) is 20.0 Å². The topological polar surface area (TPSA) is 62.7 Å². The lowest BCUT2D eigenvalue weighted by Crippen LogP contribution is -2.06. The number of aryl methyl sites for hydroxylation is 1. The normalized spacial score (nSPS) is 10.4. The number of nitrogens with one attached hydrogen (secondary N) is 2. The first-order chi connectivity index (χ1) is 8.69. The van der Waals surface area contributed by atoms with Gasteiger partial charge in [0.05, 0.1) is 12.7 Å². The molecule has 0 saturated carbocycles. The predicted molar refractivity (Wildman–Crippen MR) is 75.4 cm³/mol. The highest BCUT2D eigenvalue weighted by Crippen LogP contribution is 2.21.